The van der Waals surface area contributed by atoms with E-state index >= 15 is 0 Å². The van der Waals surface area contributed by atoms with E-state index in [4.69, 9.17) is 16.3 Å². The molecule has 0 aromatic heterocycles. The molecule has 0 spiro atoms. The summed E-state index contributed by atoms with van der Waals surface area (Å²) >= 11 is 6.16. The minimum atomic E-state index is -0.129. The fourth-order valence-corrected chi connectivity index (χ4v) is 2.16. The Bertz CT molecular complexity index is 377. The van der Waals surface area contributed by atoms with Crippen molar-refractivity contribution in [3.8, 4) is 0 Å². The molecule has 1 aromatic carbocycles. The van der Waals surface area contributed by atoms with Crippen LogP contribution in [0.3, 0.4) is 0 Å². The molecule has 0 saturated heterocycles. The van der Waals surface area contributed by atoms with Gasteiger partial charge in [0.05, 0.1) is 13.0 Å². The maximum absolute atomic E-state index is 11.7. The van der Waals surface area contributed by atoms with Crippen LogP contribution < -0.4 is 0 Å². The first-order valence-electron chi connectivity index (χ1n) is 6.59. The summed E-state index contributed by atoms with van der Waals surface area (Å²) in [6, 6.07) is 7.70. The molecule has 0 heterocycles. The molecule has 100 valence electrons. The van der Waals surface area contributed by atoms with Crippen molar-refractivity contribution in [1.82, 2.24) is 0 Å². The average molecular weight is 269 g/mol. The summed E-state index contributed by atoms with van der Waals surface area (Å²) in [5, 5.41) is 0.728. The molecule has 0 bridgehead atoms. The predicted molar refractivity (Wildman–Crippen MR) is 75.0 cm³/mol. The summed E-state index contributed by atoms with van der Waals surface area (Å²) in [5.74, 6) is 0.0167. The van der Waals surface area contributed by atoms with Crippen molar-refractivity contribution in [2.75, 3.05) is 6.61 Å². The van der Waals surface area contributed by atoms with Gasteiger partial charge in [-0.15, -0.1) is 0 Å². The van der Waals surface area contributed by atoms with E-state index in [0.717, 1.165) is 29.8 Å². The van der Waals surface area contributed by atoms with E-state index < -0.39 is 0 Å². The molecule has 1 unspecified atom stereocenters. The van der Waals surface area contributed by atoms with Crippen molar-refractivity contribution < 1.29 is 9.53 Å². The second-order valence-electron chi connectivity index (χ2n) is 4.40. The lowest BCUT2D eigenvalue weighted by Gasteiger charge is -2.16. The SMILES string of the molecule is CCCCOC(=O)CC(CC)c1ccccc1Cl. The van der Waals surface area contributed by atoms with Crippen LogP contribution in [0.25, 0.3) is 0 Å². The van der Waals surface area contributed by atoms with Gasteiger partial charge in [0.25, 0.3) is 0 Å². The molecule has 18 heavy (non-hydrogen) atoms. The maximum atomic E-state index is 11.7. The molecule has 3 heteroatoms. The highest BCUT2D eigenvalue weighted by molar-refractivity contribution is 6.31. The summed E-state index contributed by atoms with van der Waals surface area (Å²) in [5.41, 5.74) is 1.04. The number of carbonyl (C=O) groups excluding carboxylic acids is 1. The van der Waals surface area contributed by atoms with Gasteiger partial charge in [-0.05, 0) is 30.4 Å². The first kappa shape index (κ1) is 15.0. The molecular weight excluding hydrogens is 248 g/mol. The van der Waals surface area contributed by atoms with E-state index in [9.17, 15) is 4.79 Å². The number of halogens is 1. The van der Waals surface area contributed by atoms with Crippen molar-refractivity contribution in [3.63, 3.8) is 0 Å². The predicted octanol–water partition coefficient (Wildman–Crippen LogP) is 4.57. The van der Waals surface area contributed by atoms with Gasteiger partial charge < -0.3 is 4.74 Å². The highest BCUT2D eigenvalue weighted by Crippen LogP contribution is 2.29. The van der Waals surface area contributed by atoms with Gasteiger partial charge in [0.2, 0.25) is 0 Å². The Morgan fingerprint density at radius 3 is 2.67 bits per heavy atom. The van der Waals surface area contributed by atoms with Gasteiger partial charge in [-0.1, -0.05) is 50.1 Å². The van der Waals surface area contributed by atoms with E-state index in [1.54, 1.807) is 0 Å². The molecule has 1 rings (SSSR count). The average Bonchev–Trinajstić information content (AvgIpc) is 2.37. The summed E-state index contributed by atoms with van der Waals surface area (Å²) in [4.78, 5) is 11.7. The second kappa shape index (κ2) is 8.15. The number of ether oxygens (including phenoxy) is 1. The van der Waals surface area contributed by atoms with Gasteiger partial charge in [0.15, 0.2) is 0 Å². The molecule has 0 aliphatic carbocycles. The minimum absolute atomic E-state index is 0.129. The summed E-state index contributed by atoms with van der Waals surface area (Å²) in [6.07, 6.45) is 3.25. The Hall–Kier alpha value is -1.02. The number of esters is 1. The molecule has 0 radical (unpaired) electrons. The molecule has 0 fully saturated rings. The van der Waals surface area contributed by atoms with Crippen LogP contribution in [-0.2, 0) is 9.53 Å². The number of carbonyl (C=O) groups is 1. The largest absolute Gasteiger partial charge is 0.466 e. The Morgan fingerprint density at radius 1 is 1.33 bits per heavy atom. The zero-order valence-electron chi connectivity index (χ0n) is 11.1. The van der Waals surface area contributed by atoms with Crippen molar-refractivity contribution in [2.45, 2.75) is 45.4 Å². The minimum Gasteiger partial charge on any atom is -0.466 e. The number of benzene rings is 1. The molecule has 1 aromatic rings. The smallest absolute Gasteiger partial charge is 0.306 e. The topological polar surface area (TPSA) is 26.3 Å². The number of rotatable bonds is 7. The Labute approximate surface area is 114 Å². The van der Waals surface area contributed by atoms with Crippen molar-refractivity contribution >= 4 is 17.6 Å². The third kappa shape index (κ3) is 4.69. The van der Waals surface area contributed by atoms with E-state index in [0.29, 0.717) is 13.0 Å². The Balaban J connectivity index is 2.57. The van der Waals surface area contributed by atoms with Crippen molar-refractivity contribution in [1.29, 1.82) is 0 Å². The Kier molecular flexibility index (Phi) is 6.81. The molecule has 0 aliphatic heterocycles. The summed E-state index contributed by atoms with van der Waals surface area (Å²) < 4.78 is 5.19. The second-order valence-corrected chi connectivity index (χ2v) is 4.81. The highest BCUT2D eigenvalue weighted by atomic mass is 35.5. The molecule has 1 atom stereocenters. The van der Waals surface area contributed by atoms with Gasteiger partial charge in [0.1, 0.15) is 0 Å². The third-order valence-electron chi connectivity index (χ3n) is 3.01. The molecule has 0 N–H and O–H groups in total. The van der Waals surface area contributed by atoms with Gasteiger partial charge in [0, 0.05) is 5.02 Å². The fourth-order valence-electron chi connectivity index (χ4n) is 1.87. The van der Waals surface area contributed by atoms with Crippen LogP contribution in [0.2, 0.25) is 5.02 Å². The molecule has 0 amide bonds. The van der Waals surface area contributed by atoms with Gasteiger partial charge in [-0.2, -0.15) is 0 Å². The van der Waals surface area contributed by atoms with Gasteiger partial charge >= 0.3 is 5.97 Å². The molecule has 0 saturated carbocycles. The van der Waals surface area contributed by atoms with Gasteiger partial charge in [-0.3, -0.25) is 4.79 Å². The quantitative estimate of drug-likeness (QED) is 0.535. The van der Waals surface area contributed by atoms with E-state index in [2.05, 4.69) is 13.8 Å². The lowest BCUT2D eigenvalue weighted by atomic mass is 9.93. The molecule has 2 nitrogen and oxygen atoms in total. The van der Waals surface area contributed by atoms with Crippen LogP contribution in [0, 0.1) is 0 Å². The van der Waals surface area contributed by atoms with Crippen molar-refractivity contribution in [2.24, 2.45) is 0 Å². The standard InChI is InChI=1S/C15H21ClO2/c1-3-5-10-18-15(17)11-12(4-2)13-8-6-7-9-14(13)16/h6-9,12H,3-5,10-11H2,1-2H3. The number of hydrogen-bond donors (Lipinski definition) is 0. The van der Waals surface area contributed by atoms with Crippen LogP contribution >= 0.6 is 11.6 Å². The van der Waals surface area contributed by atoms with Crippen LogP contribution in [0.5, 0.6) is 0 Å². The number of hydrogen-bond acceptors (Lipinski definition) is 2. The van der Waals surface area contributed by atoms with Gasteiger partial charge in [-0.25, -0.2) is 0 Å². The van der Waals surface area contributed by atoms with Crippen LogP contribution in [0.15, 0.2) is 24.3 Å². The molecular formula is C15H21ClO2. The fraction of sp³-hybridized carbons (Fsp3) is 0.533. The van der Waals surface area contributed by atoms with Crippen LogP contribution in [-0.4, -0.2) is 12.6 Å². The lowest BCUT2D eigenvalue weighted by Crippen LogP contribution is -2.11. The first-order chi connectivity index (χ1) is 8.69. The first-order valence-corrected chi connectivity index (χ1v) is 6.96. The third-order valence-corrected chi connectivity index (χ3v) is 3.36. The van der Waals surface area contributed by atoms with E-state index in [1.165, 1.54) is 0 Å². The zero-order chi connectivity index (χ0) is 13.4. The molecule has 0 aliphatic rings. The zero-order valence-corrected chi connectivity index (χ0v) is 11.9. The van der Waals surface area contributed by atoms with Crippen LogP contribution in [0.1, 0.15) is 51.0 Å². The lowest BCUT2D eigenvalue weighted by molar-refractivity contribution is -0.144. The van der Waals surface area contributed by atoms with E-state index in [-0.39, 0.29) is 11.9 Å². The normalized spacial score (nSPS) is 12.2. The van der Waals surface area contributed by atoms with E-state index in [1.807, 2.05) is 24.3 Å². The maximum Gasteiger partial charge on any atom is 0.306 e. The monoisotopic (exact) mass is 268 g/mol. The number of unbranched alkanes of at least 4 members (excludes halogenated alkanes) is 1. The highest BCUT2D eigenvalue weighted by Gasteiger charge is 2.17. The Morgan fingerprint density at radius 2 is 2.06 bits per heavy atom. The van der Waals surface area contributed by atoms with Crippen LogP contribution in [0.4, 0.5) is 0 Å². The summed E-state index contributed by atoms with van der Waals surface area (Å²) in [6.45, 7) is 4.66. The van der Waals surface area contributed by atoms with Crippen molar-refractivity contribution in [3.05, 3.63) is 34.9 Å². The summed E-state index contributed by atoms with van der Waals surface area (Å²) in [7, 11) is 0.